The van der Waals surface area contributed by atoms with Crippen molar-refractivity contribution in [2.24, 2.45) is 0 Å². The average molecular weight is 436 g/mol. The molecular formula is C20H13ClF3N3O3. The first-order chi connectivity index (χ1) is 14.3. The van der Waals surface area contributed by atoms with Crippen molar-refractivity contribution in [3.05, 3.63) is 70.6 Å². The lowest BCUT2D eigenvalue weighted by Crippen LogP contribution is -2.15. The number of fused-ring (bicyclic) bond motifs is 3. The number of carbonyl (C=O) groups excluding carboxylic acids is 1. The van der Waals surface area contributed by atoms with E-state index in [4.69, 9.17) is 21.1 Å². The van der Waals surface area contributed by atoms with Crippen molar-refractivity contribution in [1.29, 1.82) is 0 Å². The number of pyridine rings is 1. The first-order valence-electron chi connectivity index (χ1n) is 8.63. The minimum absolute atomic E-state index is 0.00408. The third-order valence-corrected chi connectivity index (χ3v) is 4.80. The van der Waals surface area contributed by atoms with E-state index < -0.39 is 22.7 Å². The maximum atomic E-state index is 13.8. The molecule has 0 N–H and O–H groups in total. The Morgan fingerprint density at radius 1 is 1.17 bits per heavy atom. The van der Waals surface area contributed by atoms with E-state index in [1.807, 2.05) is 6.07 Å². The number of rotatable bonds is 4. The van der Waals surface area contributed by atoms with E-state index in [-0.39, 0.29) is 34.5 Å². The number of benzene rings is 2. The summed E-state index contributed by atoms with van der Waals surface area (Å²) < 4.78 is 53.2. The van der Waals surface area contributed by atoms with E-state index in [1.165, 1.54) is 6.07 Å². The molecule has 0 aliphatic heterocycles. The average Bonchev–Trinajstić information content (AvgIpc) is 3.20. The molecule has 0 unspecified atom stereocenters. The number of halogens is 4. The Morgan fingerprint density at radius 2 is 1.90 bits per heavy atom. The second kappa shape index (κ2) is 7.49. The third kappa shape index (κ3) is 3.30. The summed E-state index contributed by atoms with van der Waals surface area (Å²) in [6, 6.07) is 11.4. The zero-order valence-electron chi connectivity index (χ0n) is 15.4. The van der Waals surface area contributed by atoms with Crippen molar-refractivity contribution < 1.29 is 27.4 Å². The molecule has 0 saturated heterocycles. The lowest BCUT2D eigenvalue weighted by Gasteiger charge is -2.18. The molecule has 4 aromatic rings. The SMILES string of the molecule is COC(=O)c1c(OCc2ccccc2)c2ccc(Cl)c(C(F)(F)F)c2c2ncnn12. The molecule has 0 saturated carbocycles. The van der Waals surface area contributed by atoms with Crippen molar-refractivity contribution in [1.82, 2.24) is 14.6 Å². The molecule has 154 valence electrons. The van der Waals surface area contributed by atoms with Crippen LogP contribution in [0, 0.1) is 0 Å². The highest BCUT2D eigenvalue weighted by molar-refractivity contribution is 6.33. The molecule has 2 heterocycles. The molecule has 0 atom stereocenters. The summed E-state index contributed by atoms with van der Waals surface area (Å²) in [6.45, 7) is 0.00408. The van der Waals surface area contributed by atoms with Gasteiger partial charge in [-0.25, -0.2) is 14.3 Å². The number of esters is 1. The van der Waals surface area contributed by atoms with Crippen LogP contribution in [0.4, 0.5) is 13.2 Å². The fraction of sp³-hybridized carbons (Fsp3) is 0.150. The normalized spacial score (nSPS) is 11.8. The van der Waals surface area contributed by atoms with Gasteiger partial charge >= 0.3 is 12.1 Å². The summed E-state index contributed by atoms with van der Waals surface area (Å²) >= 11 is 5.90. The Labute approximate surface area is 172 Å². The minimum Gasteiger partial charge on any atom is -0.486 e. The van der Waals surface area contributed by atoms with E-state index in [0.717, 1.165) is 29.6 Å². The molecule has 0 bridgehead atoms. The topological polar surface area (TPSA) is 65.7 Å². The predicted octanol–water partition coefficient (Wildman–Crippen LogP) is 4.92. The van der Waals surface area contributed by atoms with Gasteiger partial charge < -0.3 is 9.47 Å². The van der Waals surface area contributed by atoms with Crippen LogP contribution in [0.2, 0.25) is 5.02 Å². The quantitative estimate of drug-likeness (QED) is 0.426. The lowest BCUT2D eigenvalue weighted by molar-refractivity contribution is -0.136. The number of carbonyl (C=O) groups is 1. The molecule has 4 rings (SSSR count). The molecule has 0 aliphatic carbocycles. The lowest BCUT2D eigenvalue weighted by atomic mass is 10.0. The fourth-order valence-electron chi connectivity index (χ4n) is 3.23. The van der Waals surface area contributed by atoms with Gasteiger partial charge in [-0.3, -0.25) is 0 Å². The van der Waals surface area contributed by atoms with Gasteiger partial charge in [0, 0.05) is 10.8 Å². The molecule has 6 nitrogen and oxygen atoms in total. The first-order valence-corrected chi connectivity index (χ1v) is 9.01. The maximum absolute atomic E-state index is 13.8. The van der Waals surface area contributed by atoms with Gasteiger partial charge in [0.25, 0.3) is 0 Å². The maximum Gasteiger partial charge on any atom is 0.418 e. The summed E-state index contributed by atoms with van der Waals surface area (Å²) in [4.78, 5) is 16.4. The van der Waals surface area contributed by atoms with Crippen LogP contribution in [0.25, 0.3) is 16.4 Å². The first kappa shape index (κ1) is 20.0. The van der Waals surface area contributed by atoms with E-state index in [1.54, 1.807) is 24.3 Å². The summed E-state index contributed by atoms with van der Waals surface area (Å²) in [6.07, 6.45) is -3.73. The minimum atomic E-state index is -4.77. The van der Waals surface area contributed by atoms with Crippen LogP contribution >= 0.6 is 11.6 Å². The van der Waals surface area contributed by atoms with Gasteiger partial charge in [-0.15, -0.1) is 0 Å². The van der Waals surface area contributed by atoms with Gasteiger partial charge in [0.15, 0.2) is 17.1 Å². The summed E-state index contributed by atoms with van der Waals surface area (Å²) in [5, 5.41) is 3.12. The van der Waals surface area contributed by atoms with Crippen molar-refractivity contribution in [3.8, 4) is 5.75 Å². The van der Waals surface area contributed by atoms with Crippen LogP contribution < -0.4 is 4.74 Å². The van der Waals surface area contributed by atoms with Crippen molar-refractivity contribution in [3.63, 3.8) is 0 Å². The van der Waals surface area contributed by atoms with Crippen molar-refractivity contribution in [2.45, 2.75) is 12.8 Å². The van der Waals surface area contributed by atoms with Gasteiger partial charge in [0.1, 0.15) is 12.9 Å². The molecule has 30 heavy (non-hydrogen) atoms. The third-order valence-electron chi connectivity index (χ3n) is 4.49. The molecule has 2 aromatic heterocycles. The zero-order chi connectivity index (χ0) is 21.5. The van der Waals surface area contributed by atoms with E-state index >= 15 is 0 Å². The number of hydrogen-bond acceptors (Lipinski definition) is 5. The fourth-order valence-corrected chi connectivity index (χ4v) is 3.49. The summed E-state index contributed by atoms with van der Waals surface area (Å²) in [7, 11) is 1.15. The summed E-state index contributed by atoms with van der Waals surface area (Å²) in [5.74, 6) is -0.945. The molecule has 0 aliphatic rings. The van der Waals surface area contributed by atoms with Gasteiger partial charge in [0.2, 0.25) is 0 Å². The monoisotopic (exact) mass is 435 g/mol. The Hall–Kier alpha value is -3.33. The number of alkyl halides is 3. The Kier molecular flexibility index (Phi) is 4.98. The highest BCUT2D eigenvalue weighted by atomic mass is 35.5. The van der Waals surface area contributed by atoms with Crippen LogP contribution in [0.3, 0.4) is 0 Å². The second-order valence-corrected chi connectivity index (χ2v) is 6.69. The largest absolute Gasteiger partial charge is 0.486 e. The number of methoxy groups -OCH3 is 1. The van der Waals surface area contributed by atoms with Crippen molar-refractivity contribution >= 4 is 34.0 Å². The number of aromatic nitrogens is 3. The van der Waals surface area contributed by atoms with Gasteiger partial charge in [0.05, 0.1) is 17.7 Å². The van der Waals surface area contributed by atoms with E-state index in [0.29, 0.717) is 0 Å². The summed E-state index contributed by atoms with van der Waals surface area (Å²) in [5.41, 5.74) is -0.693. The highest BCUT2D eigenvalue weighted by Crippen LogP contribution is 2.44. The van der Waals surface area contributed by atoms with Gasteiger partial charge in [-0.2, -0.15) is 18.3 Å². The van der Waals surface area contributed by atoms with Gasteiger partial charge in [-0.1, -0.05) is 41.9 Å². The zero-order valence-corrected chi connectivity index (χ0v) is 16.2. The van der Waals surface area contributed by atoms with E-state index in [2.05, 4.69) is 10.1 Å². The van der Waals surface area contributed by atoms with Gasteiger partial charge in [-0.05, 0) is 17.7 Å². The molecule has 10 heteroatoms. The molecule has 0 radical (unpaired) electrons. The molecule has 0 spiro atoms. The smallest absolute Gasteiger partial charge is 0.418 e. The molecule has 2 aromatic carbocycles. The molecule has 0 amide bonds. The van der Waals surface area contributed by atoms with Crippen LogP contribution in [0.15, 0.2) is 48.8 Å². The Morgan fingerprint density at radius 3 is 2.57 bits per heavy atom. The number of ether oxygens (including phenoxy) is 2. The molecule has 0 fully saturated rings. The van der Waals surface area contributed by atoms with Crippen LogP contribution in [0.5, 0.6) is 5.75 Å². The number of hydrogen-bond donors (Lipinski definition) is 0. The predicted molar refractivity (Wildman–Crippen MR) is 103 cm³/mol. The van der Waals surface area contributed by atoms with Crippen molar-refractivity contribution in [2.75, 3.05) is 7.11 Å². The highest BCUT2D eigenvalue weighted by Gasteiger charge is 2.38. The second-order valence-electron chi connectivity index (χ2n) is 6.28. The van der Waals surface area contributed by atoms with E-state index in [9.17, 15) is 18.0 Å². The van der Waals surface area contributed by atoms with Crippen LogP contribution in [0.1, 0.15) is 21.6 Å². The van der Waals surface area contributed by atoms with Crippen LogP contribution in [-0.2, 0) is 17.5 Å². The molecular weight excluding hydrogens is 423 g/mol. The standard InChI is InChI=1S/C20H13ClF3N3O3/c1-29-19(28)16-17(30-9-11-5-3-2-4-6-11)12-7-8-13(21)15(20(22,23)24)14(12)18-25-10-26-27(16)18/h2-8,10H,9H2,1H3. The Balaban J connectivity index is 2.07. The Bertz CT molecular complexity index is 1260. The van der Waals surface area contributed by atoms with Crippen LogP contribution in [-0.4, -0.2) is 27.7 Å². The number of nitrogens with zero attached hydrogens (tertiary/aromatic N) is 3.